The van der Waals surface area contributed by atoms with Gasteiger partial charge >= 0.3 is 0 Å². The lowest BCUT2D eigenvalue weighted by Gasteiger charge is -2.41. The Kier molecular flexibility index (Phi) is 11.0. The van der Waals surface area contributed by atoms with E-state index in [0.717, 1.165) is 50.5 Å². The van der Waals surface area contributed by atoms with Crippen LogP contribution >= 0.6 is 15.9 Å². The molecule has 1 aromatic rings. The molecular formula is C35H48BrN3O5. The van der Waals surface area contributed by atoms with Crippen LogP contribution in [-0.4, -0.2) is 92.4 Å². The first kappa shape index (κ1) is 32.9. The Morgan fingerprint density at radius 3 is 2.41 bits per heavy atom. The van der Waals surface area contributed by atoms with Gasteiger partial charge in [0, 0.05) is 43.7 Å². The minimum atomic E-state index is -1.07. The number of fused-ring (bicyclic) bond motifs is 1. The molecule has 1 N–H and O–H groups in total. The number of hydrogen-bond donors (Lipinski definition) is 1. The smallest absolute Gasteiger partial charge is 0.248 e. The fourth-order valence-electron chi connectivity index (χ4n) is 8.19. The number of aliphatic hydroxyl groups excluding tert-OH is 1. The van der Waals surface area contributed by atoms with Gasteiger partial charge in [0.15, 0.2) is 0 Å². The maximum absolute atomic E-state index is 14.8. The third-order valence-electron chi connectivity index (χ3n) is 10.1. The molecule has 1 aromatic carbocycles. The summed E-state index contributed by atoms with van der Waals surface area (Å²) in [6.45, 7) is 9.59. The first-order valence-corrected chi connectivity index (χ1v) is 17.4. The molecule has 0 radical (unpaired) electrons. The number of halogens is 1. The summed E-state index contributed by atoms with van der Waals surface area (Å²) in [5.74, 6) is -1.77. The highest BCUT2D eigenvalue weighted by atomic mass is 79.9. The summed E-state index contributed by atoms with van der Waals surface area (Å²) in [6.07, 6.45) is 11.9. The highest BCUT2D eigenvalue weighted by Crippen LogP contribution is 2.60. The minimum absolute atomic E-state index is 0.0799. The molecule has 3 amide bonds. The van der Waals surface area contributed by atoms with Gasteiger partial charge in [0.1, 0.15) is 11.6 Å². The molecule has 5 rings (SSSR count). The van der Waals surface area contributed by atoms with E-state index in [1.165, 1.54) is 6.42 Å². The standard InChI is InChI=1S/C35H48BrN3O5/c1-3-19-37(24-25-15-9-7-10-16-25)32(41)28-29-33(42)39(21-13-5-6-14-22-40)31(35(29)23-27(36)30(28)44-35)34(43)38(20-4-2)26-17-11-8-12-18-26/h3-4,7,9-10,15-16,26-31,40H,1-2,5-6,8,11-14,17-24H2/t27?,28-,29+,30-,31?,35?/m1/s1. The fraction of sp³-hybridized carbons (Fsp3) is 0.629. The van der Waals surface area contributed by atoms with Gasteiger partial charge in [-0.3, -0.25) is 14.4 Å². The van der Waals surface area contributed by atoms with Gasteiger partial charge in [-0.2, -0.15) is 0 Å². The van der Waals surface area contributed by atoms with E-state index in [2.05, 4.69) is 29.1 Å². The van der Waals surface area contributed by atoms with Crippen LogP contribution in [0.2, 0.25) is 0 Å². The van der Waals surface area contributed by atoms with Gasteiger partial charge in [-0.15, -0.1) is 13.2 Å². The molecule has 0 aromatic heterocycles. The number of amides is 3. The lowest BCUT2D eigenvalue weighted by atomic mass is 9.70. The van der Waals surface area contributed by atoms with E-state index in [1.54, 1.807) is 22.0 Å². The van der Waals surface area contributed by atoms with E-state index in [4.69, 9.17) is 4.74 Å². The molecule has 1 aliphatic carbocycles. The number of ether oxygens (including phenoxy) is 1. The number of carbonyl (C=O) groups excluding carboxylic acids is 3. The van der Waals surface area contributed by atoms with Crippen LogP contribution in [0.4, 0.5) is 0 Å². The van der Waals surface area contributed by atoms with Crippen molar-refractivity contribution in [1.82, 2.24) is 14.7 Å². The monoisotopic (exact) mass is 669 g/mol. The van der Waals surface area contributed by atoms with Crippen LogP contribution in [0.1, 0.15) is 69.8 Å². The zero-order valence-corrected chi connectivity index (χ0v) is 27.4. The molecule has 3 heterocycles. The van der Waals surface area contributed by atoms with E-state index in [-0.39, 0.29) is 35.2 Å². The zero-order valence-electron chi connectivity index (χ0n) is 25.8. The minimum Gasteiger partial charge on any atom is -0.396 e. The molecule has 4 fully saturated rings. The second-order valence-corrected chi connectivity index (χ2v) is 14.1. The van der Waals surface area contributed by atoms with Gasteiger partial charge in [0.05, 0.1) is 17.9 Å². The van der Waals surface area contributed by atoms with Crippen molar-refractivity contribution in [3.63, 3.8) is 0 Å². The third-order valence-corrected chi connectivity index (χ3v) is 11.0. The van der Waals surface area contributed by atoms with Gasteiger partial charge in [-0.1, -0.05) is 90.5 Å². The highest BCUT2D eigenvalue weighted by molar-refractivity contribution is 9.09. The molecule has 9 heteroatoms. The Bertz CT molecular complexity index is 1190. The van der Waals surface area contributed by atoms with E-state index in [0.29, 0.717) is 39.0 Å². The zero-order chi connectivity index (χ0) is 31.3. The lowest BCUT2D eigenvalue weighted by molar-refractivity contribution is -0.150. The van der Waals surface area contributed by atoms with Gasteiger partial charge in [-0.05, 0) is 37.7 Å². The van der Waals surface area contributed by atoms with Crippen LogP contribution in [0.3, 0.4) is 0 Å². The Balaban J connectivity index is 1.49. The Labute approximate surface area is 270 Å². The predicted octanol–water partition coefficient (Wildman–Crippen LogP) is 4.85. The Morgan fingerprint density at radius 1 is 1.02 bits per heavy atom. The quantitative estimate of drug-likeness (QED) is 0.164. The topological polar surface area (TPSA) is 90.4 Å². The maximum atomic E-state index is 14.8. The number of unbranched alkanes of at least 4 members (excludes halogenated alkanes) is 3. The molecule has 8 nitrogen and oxygen atoms in total. The summed E-state index contributed by atoms with van der Waals surface area (Å²) < 4.78 is 6.81. The SMILES string of the molecule is C=CCN(Cc1ccccc1)C(=O)[C@H]1[C@@H]2OC3(CC2Br)C(C(=O)N(CC=C)C2CCCCC2)N(CCCCCCO)C(=O)[C@H]13. The molecule has 3 aliphatic heterocycles. The van der Waals surface area contributed by atoms with Crippen LogP contribution in [0.15, 0.2) is 55.6 Å². The average Bonchev–Trinajstić information content (AvgIpc) is 3.63. The van der Waals surface area contributed by atoms with Crippen molar-refractivity contribution in [2.45, 2.75) is 99.4 Å². The molecule has 2 bridgehead atoms. The molecule has 4 aliphatic rings. The molecule has 240 valence electrons. The number of likely N-dealkylation sites (tertiary alicyclic amines) is 1. The number of hydrogen-bond acceptors (Lipinski definition) is 5. The first-order chi connectivity index (χ1) is 21.4. The van der Waals surface area contributed by atoms with Crippen molar-refractivity contribution >= 4 is 33.7 Å². The Hall–Kier alpha value is -2.49. The number of carbonyl (C=O) groups is 3. The summed E-state index contributed by atoms with van der Waals surface area (Å²) in [5, 5.41) is 9.25. The van der Waals surface area contributed by atoms with Gasteiger partial charge < -0.3 is 24.5 Å². The van der Waals surface area contributed by atoms with Crippen molar-refractivity contribution in [1.29, 1.82) is 0 Å². The summed E-state index contributed by atoms with van der Waals surface area (Å²) >= 11 is 3.82. The summed E-state index contributed by atoms with van der Waals surface area (Å²) in [7, 11) is 0. The number of aliphatic hydroxyl groups is 1. The largest absolute Gasteiger partial charge is 0.396 e. The molecule has 1 spiro atoms. The summed E-state index contributed by atoms with van der Waals surface area (Å²) in [4.78, 5) is 49.0. The summed E-state index contributed by atoms with van der Waals surface area (Å²) in [5.41, 5.74) is -0.0706. The molecule has 1 saturated carbocycles. The van der Waals surface area contributed by atoms with Gasteiger partial charge in [0.2, 0.25) is 17.7 Å². The maximum Gasteiger partial charge on any atom is 0.248 e. The highest BCUT2D eigenvalue weighted by Gasteiger charge is 2.76. The molecule has 3 saturated heterocycles. The second-order valence-electron chi connectivity index (χ2n) is 12.9. The third kappa shape index (κ3) is 6.29. The normalized spacial score (nSPS) is 29.5. The number of alkyl halides is 1. The van der Waals surface area contributed by atoms with Crippen molar-refractivity contribution in [2.75, 3.05) is 26.2 Å². The van der Waals surface area contributed by atoms with Gasteiger partial charge in [0.25, 0.3) is 0 Å². The van der Waals surface area contributed by atoms with Crippen LogP contribution in [0.25, 0.3) is 0 Å². The van der Waals surface area contributed by atoms with E-state index < -0.39 is 29.6 Å². The molecule has 3 unspecified atom stereocenters. The first-order valence-electron chi connectivity index (χ1n) is 16.5. The van der Waals surface area contributed by atoms with Crippen LogP contribution in [-0.2, 0) is 25.7 Å². The Morgan fingerprint density at radius 2 is 1.73 bits per heavy atom. The van der Waals surface area contributed by atoms with Crippen LogP contribution in [0.5, 0.6) is 0 Å². The van der Waals surface area contributed by atoms with Crippen molar-refractivity contribution in [3.8, 4) is 0 Å². The fourth-order valence-corrected chi connectivity index (χ4v) is 9.13. The number of rotatable bonds is 15. The van der Waals surface area contributed by atoms with E-state index >= 15 is 0 Å². The molecule has 6 atom stereocenters. The second kappa shape index (κ2) is 14.7. The van der Waals surface area contributed by atoms with Crippen LogP contribution < -0.4 is 0 Å². The van der Waals surface area contributed by atoms with Crippen LogP contribution in [0, 0.1) is 11.8 Å². The number of nitrogens with zero attached hydrogens (tertiary/aromatic N) is 3. The number of benzene rings is 1. The van der Waals surface area contributed by atoms with Crippen molar-refractivity contribution in [3.05, 3.63) is 61.2 Å². The van der Waals surface area contributed by atoms with E-state index in [9.17, 15) is 19.5 Å². The lowest BCUT2D eigenvalue weighted by Crippen LogP contribution is -2.58. The van der Waals surface area contributed by atoms with Gasteiger partial charge in [-0.25, -0.2) is 0 Å². The molecule has 44 heavy (non-hydrogen) atoms. The van der Waals surface area contributed by atoms with Crippen molar-refractivity contribution in [2.24, 2.45) is 11.8 Å². The molecular weight excluding hydrogens is 622 g/mol. The summed E-state index contributed by atoms with van der Waals surface area (Å²) in [6, 6.07) is 9.15. The predicted molar refractivity (Wildman–Crippen MR) is 174 cm³/mol. The van der Waals surface area contributed by atoms with Crippen molar-refractivity contribution < 1.29 is 24.2 Å². The average molecular weight is 671 g/mol. The van der Waals surface area contributed by atoms with E-state index in [1.807, 2.05) is 35.2 Å².